The molecule has 4 nitrogen and oxygen atoms in total. The van der Waals surface area contributed by atoms with Crippen LogP contribution in [0.4, 0.5) is 0 Å². The largest absolute Gasteiger partial charge is 0.391 e. The molecule has 1 heterocycles. The van der Waals surface area contributed by atoms with E-state index in [1.165, 1.54) is 0 Å². The van der Waals surface area contributed by atoms with Gasteiger partial charge in [-0.3, -0.25) is 0 Å². The Balaban J connectivity index is 2.07. The van der Waals surface area contributed by atoms with Crippen LogP contribution in [0.1, 0.15) is 26.6 Å². The number of para-hydroxylation sites is 2. The van der Waals surface area contributed by atoms with E-state index in [2.05, 4.69) is 35.6 Å². The minimum atomic E-state index is -0.422. The summed E-state index contributed by atoms with van der Waals surface area (Å²) in [5.41, 5.74) is 2.11. The van der Waals surface area contributed by atoms with Gasteiger partial charge in [-0.1, -0.05) is 12.1 Å². The van der Waals surface area contributed by atoms with Crippen molar-refractivity contribution >= 4 is 11.0 Å². The summed E-state index contributed by atoms with van der Waals surface area (Å²) in [6.07, 6.45) is 0.142. The fourth-order valence-electron chi connectivity index (χ4n) is 2.08. The average molecular weight is 261 g/mol. The van der Waals surface area contributed by atoms with E-state index < -0.39 is 6.10 Å². The molecule has 0 aliphatic rings. The van der Waals surface area contributed by atoms with Crippen molar-refractivity contribution in [2.75, 3.05) is 6.54 Å². The first-order valence-electron chi connectivity index (χ1n) is 6.70. The number of benzene rings is 1. The lowest BCUT2D eigenvalue weighted by Gasteiger charge is -2.22. The van der Waals surface area contributed by atoms with Crippen molar-refractivity contribution < 1.29 is 5.11 Å². The van der Waals surface area contributed by atoms with Gasteiger partial charge in [0, 0.05) is 25.6 Å². The highest BCUT2D eigenvalue weighted by molar-refractivity contribution is 5.75. The number of rotatable bonds is 4. The van der Waals surface area contributed by atoms with E-state index in [1.54, 1.807) is 0 Å². The zero-order valence-corrected chi connectivity index (χ0v) is 12.1. The average Bonchev–Trinajstić information content (AvgIpc) is 2.64. The minimum Gasteiger partial charge on any atom is -0.391 e. The molecule has 0 aliphatic carbocycles. The van der Waals surface area contributed by atoms with Gasteiger partial charge in [-0.15, -0.1) is 0 Å². The summed E-state index contributed by atoms with van der Waals surface area (Å²) in [5.74, 6) is 0.921. The maximum atomic E-state index is 10.1. The number of aromatic nitrogens is 2. The highest BCUT2D eigenvalue weighted by atomic mass is 16.3. The molecule has 1 aromatic heterocycles. The molecular formula is C15H23N3O. The van der Waals surface area contributed by atoms with Crippen LogP contribution in [0.15, 0.2) is 24.3 Å². The van der Waals surface area contributed by atoms with Crippen LogP contribution in [0.5, 0.6) is 0 Å². The van der Waals surface area contributed by atoms with Crippen LogP contribution >= 0.6 is 0 Å². The topological polar surface area (TPSA) is 50.1 Å². The predicted molar refractivity (Wildman–Crippen MR) is 78.2 cm³/mol. The molecule has 0 saturated carbocycles. The van der Waals surface area contributed by atoms with Crippen LogP contribution in [-0.2, 0) is 13.5 Å². The number of nitrogens with one attached hydrogen (secondary N) is 1. The normalized spacial score (nSPS) is 13.9. The Bertz CT molecular complexity index is 554. The molecule has 0 unspecified atom stereocenters. The molecule has 2 N–H and O–H groups in total. The van der Waals surface area contributed by atoms with Crippen molar-refractivity contribution in [1.29, 1.82) is 0 Å². The smallest absolute Gasteiger partial charge is 0.112 e. The fraction of sp³-hybridized carbons (Fsp3) is 0.533. The van der Waals surface area contributed by atoms with Crippen molar-refractivity contribution in [2.45, 2.75) is 38.8 Å². The lowest BCUT2D eigenvalue weighted by atomic mass is 10.1. The molecule has 1 atom stereocenters. The Labute approximate surface area is 114 Å². The molecule has 19 heavy (non-hydrogen) atoms. The molecule has 2 rings (SSSR count). The van der Waals surface area contributed by atoms with E-state index in [1.807, 2.05) is 31.3 Å². The first kappa shape index (κ1) is 14.0. The zero-order chi connectivity index (χ0) is 14.0. The minimum absolute atomic E-state index is 0.0212. The summed E-state index contributed by atoms with van der Waals surface area (Å²) >= 11 is 0. The van der Waals surface area contributed by atoms with Gasteiger partial charge in [0.25, 0.3) is 0 Å². The van der Waals surface area contributed by atoms with Gasteiger partial charge in [-0.25, -0.2) is 4.98 Å². The maximum Gasteiger partial charge on any atom is 0.112 e. The third-order valence-electron chi connectivity index (χ3n) is 3.17. The Kier molecular flexibility index (Phi) is 3.92. The van der Waals surface area contributed by atoms with Gasteiger partial charge >= 0.3 is 0 Å². The summed E-state index contributed by atoms with van der Waals surface area (Å²) < 4.78 is 2.05. The van der Waals surface area contributed by atoms with Gasteiger partial charge < -0.3 is 15.0 Å². The number of fused-ring (bicyclic) bond motifs is 1. The molecule has 0 spiro atoms. The van der Waals surface area contributed by atoms with E-state index in [4.69, 9.17) is 0 Å². The first-order chi connectivity index (χ1) is 8.87. The quantitative estimate of drug-likeness (QED) is 0.883. The van der Waals surface area contributed by atoms with Gasteiger partial charge in [0.2, 0.25) is 0 Å². The molecule has 0 amide bonds. The van der Waals surface area contributed by atoms with Crippen LogP contribution < -0.4 is 5.32 Å². The first-order valence-corrected chi connectivity index (χ1v) is 6.70. The van der Waals surface area contributed by atoms with Gasteiger partial charge in [-0.2, -0.15) is 0 Å². The zero-order valence-electron chi connectivity index (χ0n) is 12.1. The molecule has 2 aromatic rings. The highest BCUT2D eigenvalue weighted by Gasteiger charge is 2.15. The van der Waals surface area contributed by atoms with Crippen LogP contribution in [-0.4, -0.2) is 32.8 Å². The van der Waals surface area contributed by atoms with Crippen molar-refractivity contribution in [2.24, 2.45) is 7.05 Å². The van der Waals surface area contributed by atoms with Crippen molar-refractivity contribution in [3.63, 3.8) is 0 Å². The van der Waals surface area contributed by atoms with Crippen molar-refractivity contribution in [3.8, 4) is 0 Å². The fourth-order valence-corrected chi connectivity index (χ4v) is 2.08. The third-order valence-corrected chi connectivity index (χ3v) is 3.17. The molecule has 1 aromatic carbocycles. The van der Waals surface area contributed by atoms with E-state index in [0.29, 0.717) is 13.0 Å². The van der Waals surface area contributed by atoms with Gasteiger partial charge in [0.15, 0.2) is 0 Å². The highest BCUT2D eigenvalue weighted by Crippen LogP contribution is 2.15. The maximum absolute atomic E-state index is 10.1. The summed E-state index contributed by atoms with van der Waals surface area (Å²) in [6.45, 7) is 6.85. The number of hydrogen-bond donors (Lipinski definition) is 2. The number of imidazole rings is 1. The Morgan fingerprint density at radius 2 is 2.00 bits per heavy atom. The summed E-state index contributed by atoms with van der Waals surface area (Å²) in [6, 6.07) is 8.03. The van der Waals surface area contributed by atoms with E-state index in [9.17, 15) is 5.11 Å². The van der Waals surface area contributed by atoms with Crippen LogP contribution in [0.3, 0.4) is 0 Å². The molecule has 0 fully saturated rings. The third kappa shape index (κ3) is 3.55. The molecule has 104 valence electrons. The lowest BCUT2D eigenvalue weighted by Crippen LogP contribution is -2.41. The van der Waals surface area contributed by atoms with Crippen molar-refractivity contribution in [3.05, 3.63) is 30.1 Å². The van der Waals surface area contributed by atoms with Crippen LogP contribution in [0.25, 0.3) is 11.0 Å². The molecular weight excluding hydrogens is 238 g/mol. The molecule has 0 saturated heterocycles. The summed E-state index contributed by atoms with van der Waals surface area (Å²) in [7, 11) is 1.99. The number of hydrogen-bond acceptors (Lipinski definition) is 3. The second-order valence-corrected chi connectivity index (χ2v) is 6.06. The number of aliphatic hydroxyl groups is 1. The Morgan fingerprint density at radius 1 is 1.32 bits per heavy atom. The van der Waals surface area contributed by atoms with E-state index >= 15 is 0 Å². The summed E-state index contributed by atoms with van der Waals surface area (Å²) in [4.78, 5) is 4.57. The molecule has 0 aliphatic heterocycles. The van der Waals surface area contributed by atoms with Gasteiger partial charge in [0.1, 0.15) is 5.82 Å². The lowest BCUT2D eigenvalue weighted by molar-refractivity contribution is 0.158. The Hall–Kier alpha value is -1.39. The van der Waals surface area contributed by atoms with E-state index in [0.717, 1.165) is 16.9 Å². The SMILES string of the molecule is Cn1c(C[C@@H](O)CNC(C)(C)C)nc2ccccc21. The monoisotopic (exact) mass is 261 g/mol. The van der Waals surface area contributed by atoms with Crippen LogP contribution in [0.2, 0.25) is 0 Å². The number of aryl methyl sites for hydroxylation is 1. The standard InChI is InChI=1S/C15H23N3O/c1-15(2,3)16-10-11(19)9-14-17-12-7-5-6-8-13(12)18(14)4/h5-8,11,16,19H,9-10H2,1-4H3/t11-/m1/s1. The Morgan fingerprint density at radius 3 is 2.63 bits per heavy atom. The second-order valence-electron chi connectivity index (χ2n) is 6.06. The van der Waals surface area contributed by atoms with Gasteiger partial charge in [-0.05, 0) is 32.9 Å². The molecule has 4 heteroatoms. The number of nitrogens with zero attached hydrogens (tertiary/aromatic N) is 2. The second kappa shape index (κ2) is 5.31. The summed E-state index contributed by atoms with van der Waals surface area (Å²) in [5, 5.41) is 13.4. The number of aliphatic hydroxyl groups excluding tert-OH is 1. The van der Waals surface area contributed by atoms with Crippen molar-refractivity contribution in [1.82, 2.24) is 14.9 Å². The van der Waals surface area contributed by atoms with Gasteiger partial charge in [0.05, 0.1) is 17.1 Å². The molecule has 0 radical (unpaired) electrons. The molecule has 0 bridgehead atoms. The predicted octanol–water partition coefficient (Wildman–Crippen LogP) is 1.86. The van der Waals surface area contributed by atoms with Crippen LogP contribution in [0, 0.1) is 0 Å². The van der Waals surface area contributed by atoms with E-state index in [-0.39, 0.29) is 5.54 Å². The number of β-amino-alcohol motifs (C(OH)–C–C–N with tert-alkyl or cyclic N) is 1.